The predicted octanol–water partition coefficient (Wildman–Crippen LogP) is 1.64. The van der Waals surface area contributed by atoms with Crippen LogP contribution in [0.2, 0.25) is 0 Å². The highest BCUT2D eigenvalue weighted by molar-refractivity contribution is 5.37. The molecule has 1 aliphatic rings. The van der Waals surface area contributed by atoms with E-state index in [1.54, 1.807) is 7.11 Å². The molecule has 0 radical (unpaired) electrons. The largest absolute Gasteiger partial charge is 0.496 e. The van der Waals surface area contributed by atoms with Crippen LogP contribution in [0.5, 0.6) is 5.75 Å². The summed E-state index contributed by atoms with van der Waals surface area (Å²) in [5, 5.41) is 3.33. The topological polar surface area (TPSA) is 33.7 Å². The molecule has 106 valence electrons. The maximum Gasteiger partial charge on any atom is 0.123 e. The summed E-state index contributed by atoms with van der Waals surface area (Å²) in [6.07, 6.45) is 0. The van der Waals surface area contributed by atoms with Crippen molar-refractivity contribution in [1.82, 2.24) is 10.2 Å². The standard InChI is InChI=1S/C15H24N2O2/c1-3-16-11-14-5-4-13(10-15(14)18-2)12-17-6-8-19-9-7-17/h4-5,10,16H,3,6-9,11-12H2,1-2H3. The summed E-state index contributed by atoms with van der Waals surface area (Å²) >= 11 is 0. The Kier molecular flexibility index (Phi) is 5.63. The zero-order valence-corrected chi connectivity index (χ0v) is 11.9. The molecule has 0 saturated carbocycles. The van der Waals surface area contributed by atoms with Crippen molar-refractivity contribution in [3.8, 4) is 5.75 Å². The maximum atomic E-state index is 5.49. The molecule has 4 heteroatoms. The highest BCUT2D eigenvalue weighted by atomic mass is 16.5. The molecule has 1 aliphatic heterocycles. The third-order valence-corrected chi connectivity index (χ3v) is 3.43. The van der Waals surface area contributed by atoms with Gasteiger partial charge in [-0.3, -0.25) is 4.90 Å². The number of ether oxygens (including phenoxy) is 2. The zero-order chi connectivity index (χ0) is 13.5. The lowest BCUT2D eigenvalue weighted by Crippen LogP contribution is -2.35. The molecule has 0 atom stereocenters. The van der Waals surface area contributed by atoms with Crippen LogP contribution in [0.15, 0.2) is 18.2 Å². The summed E-state index contributed by atoms with van der Waals surface area (Å²) in [6, 6.07) is 6.52. The smallest absolute Gasteiger partial charge is 0.123 e. The van der Waals surface area contributed by atoms with Crippen LogP contribution < -0.4 is 10.1 Å². The minimum atomic E-state index is 0.843. The molecular formula is C15H24N2O2. The van der Waals surface area contributed by atoms with E-state index in [0.717, 1.165) is 51.7 Å². The molecule has 0 aliphatic carbocycles. The number of morpholine rings is 1. The SMILES string of the molecule is CCNCc1ccc(CN2CCOCC2)cc1OC. The maximum absolute atomic E-state index is 5.49. The molecule has 1 heterocycles. The van der Waals surface area contributed by atoms with E-state index < -0.39 is 0 Å². The predicted molar refractivity (Wildman–Crippen MR) is 76.5 cm³/mol. The molecule has 0 amide bonds. The zero-order valence-electron chi connectivity index (χ0n) is 11.9. The summed E-state index contributed by atoms with van der Waals surface area (Å²) in [5.74, 6) is 0.978. The van der Waals surface area contributed by atoms with Gasteiger partial charge in [0.2, 0.25) is 0 Å². The van der Waals surface area contributed by atoms with Crippen LogP contribution in [-0.4, -0.2) is 44.9 Å². The van der Waals surface area contributed by atoms with Crippen molar-refractivity contribution in [1.29, 1.82) is 0 Å². The number of methoxy groups -OCH3 is 1. The Bertz CT molecular complexity index is 390. The first-order valence-corrected chi connectivity index (χ1v) is 7.00. The molecule has 0 unspecified atom stereocenters. The van der Waals surface area contributed by atoms with Crippen molar-refractivity contribution in [3.05, 3.63) is 29.3 Å². The molecule has 0 spiro atoms. The van der Waals surface area contributed by atoms with Crippen molar-refractivity contribution < 1.29 is 9.47 Å². The summed E-state index contributed by atoms with van der Waals surface area (Å²) in [4.78, 5) is 2.42. The summed E-state index contributed by atoms with van der Waals surface area (Å²) in [7, 11) is 1.74. The third kappa shape index (κ3) is 4.20. The second-order valence-electron chi connectivity index (χ2n) is 4.82. The first-order valence-electron chi connectivity index (χ1n) is 7.00. The van der Waals surface area contributed by atoms with Gasteiger partial charge in [0, 0.05) is 31.7 Å². The van der Waals surface area contributed by atoms with Gasteiger partial charge in [-0.05, 0) is 18.2 Å². The second kappa shape index (κ2) is 7.48. The Hall–Kier alpha value is -1.10. The van der Waals surface area contributed by atoms with Gasteiger partial charge in [-0.1, -0.05) is 19.1 Å². The van der Waals surface area contributed by atoms with Gasteiger partial charge in [0.05, 0.1) is 20.3 Å². The molecule has 1 aromatic rings. The van der Waals surface area contributed by atoms with Gasteiger partial charge in [-0.2, -0.15) is 0 Å². The van der Waals surface area contributed by atoms with Crippen molar-refractivity contribution in [2.45, 2.75) is 20.0 Å². The minimum absolute atomic E-state index is 0.843. The summed E-state index contributed by atoms with van der Waals surface area (Å²) in [6.45, 7) is 8.63. The Balaban J connectivity index is 2.00. The van der Waals surface area contributed by atoms with Crippen molar-refractivity contribution in [3.63, 3.8) is 0 Å². The minimum Gasteiger partial charge on any atom is -0.496 e. The first kappa shape index (κ1) is 14.3. The quantitative estimate of drug-likeness (QED) is 0.847. The summed E-state index contributed by atoms with van der Waals surface area (Å²) in [5.41, 5.74) is 2.52. The molecule has 0 bridgehead atoms. The van der Waals surface area contributed by atoms with E-state index in [-0.39, 0.29) is 0 Å². The summed E-state index contributed by atoms with van der Waals surface area (Å²) < 4.78 is 10.9. The average Bonchev–Trinajstić information content (AvgIpc) is 2.47. The monoisotopic (exact) mass is 264 g/mol. The van der Waals surface area contributed by atoms with E-state index in [1.165, 1.54) is 11.1 Å². The molecule has 2 rings (SSSR count). The molecule has 1 N–H and O–H groups in total. The van der Waals surface area contributed by atoms with Crippen LogP contribution in [0.4, 0.5) is 0 Å². The van der Waals surface area contributed by atoms with Crippen molar-refractivity contribution in [2.24, 2.45) is 0 Å². The molecule has 1 aromatic carbocycles. The third-order valence-electron chi connectivity index (χ3n) is 3.43. The van der Waals surface area contributed by atoms with Gasteiger partial charge in [0.1, 0.15) is 5.75 Å². The number of hydrogen-bond donors (Lipinski definition) is 1. The van der Waals surface area contributed by atoms with E-state index in [9.17, 15) is 0 Å². The number of benzene rings is 1. The van der Waals surface area contributed by atoms with E-state index in [0.29, 0.717) is 0 Å². The van der Waals surface area contributed by atoms with E-state index in [2.05, 4.69) is 35.3 Å². The van der Waals surface area contributed by atoms with Crippen LogP contribution in [0.3, 0.4) is 0 Å². The van der Waals surface area contributed by atoms with E-state index in [4.69, 9.17) is 9.47 Å². The van der Waals surface area contributed by atoms with Gasteiger partial charge in [0.15, 0.2) is 0 Å². The highest BCUT2D eigenvalue weighted by Gasteiger charge is 2.12. The molecule has 1 saturated heterocycles. The fraction of sp³-hybridized carbons (Fsp3) is 0.600. The second-order valence-corrected chi connectivity index (χ2v) is 4.82. The first-order chi connectivity index (χ1) is 9.33. The molecule has 1 fully saturated rings. The Morgan fingerprint density at radius 3 is 2.79 bits per heavy atom. The van der Waals surface area contributed by atoms with Crippen molar-refractivity contribution >= 4 is 0 Å². The molecule has 4 nitrogen and oxygen atoms in total. The van der Waals surface area contributed by atoms with Crippen molar-refractivity contribution in [2.75, 3.05) is 40.0 Å². The van der Waals surface area contributed by atoms with Gasteiger partial charge < -0.3 is 14.8 Å². The fourth-order valence-corrected chi connectivity index (χ4v) is 2.31. The lowest BCUT2D eigenvalue weighted by Gasteiger charge is -2.26. The van der Waals surface area contributed by atoms with Crippen LogP contribution in [0.1, 0.15) is 18.1 Å². The normalized spacial score (nSPS) is 16.5. The van der Waals surface area contributed by atoms with E-state index >= 15 is 0 Å². The number of hydrogen-bond acceptors (Lipinski definition) is 4. The van der Waals surface area contributed by atoms with Gasteiger partial charge in [-0.25, -0.2) is 0 Å². The number of rotatable bonds is 6. The molecular weight excluding hydrogens is 240 g/mol. The number of nitrogens with zero attached hydrogens (tertiary/aromatic N) is 1. The molecule has 0 aromatic heterocycles. The van der Waals surface area contributed by atoms with E-state index in [1.807, 2.05) is 0 Å². The highest BCUT2D eigenvalue weighted by Crippen LogP contribution is 2.21. The van der Waals surface area contributed by atoms with Crippen LogP contribution in [-0.2, 0) is 17.8 Å². The Morgan fingerprint density at radius 1 is 1.32 bits per heavy atom. The fourth-order valence-electron chi connectivity index (χ4n) is 2.31. The average molecular weight is 264 g/mol. The van der Waals surface area contributed by atoms with Gasteiger partial charge >= 0.3 is 0 Å². The van der Waals surface area contributed by atoms with Gasteiger partial charge in [-0.15, -0.1) is 0 Å². The molecule has 19 heavy (non-hydrogen) atoms. The van der Waals surface area contributed by atoms with Crippen LogP contribution in [0.25, 0.3) is 0 Å². The van der Waals surface area contributed by atoms with Crippen LogP contribution >= 0.6 is 0 Å². The Labute approximate surface area is 115 Å². The number of nitrogens with one attached hydrogen (secondary N) is 1. The Morgan fingerprint density at radius 2 is 2.11 bits per heavy atom. The lowest BCUT2D eigenvalue weighted by atomic mass is 10.1. The van der Waals surface area contributed by atoms with Crippen LogP contribution in [0, 0.1) is 0 Å². The lowest BCUT2D eigenvalue weighted by molar-refractivity contribution is 0.0341. The van der Waals surface area contributed by atoms with Gasteiger partial charge in [0.25, 0.3) is 0 Å².